The number of benzene rings is 1. The molecule has 4 aliphatic rings. The summed E-state index contributed by atoms with van der Waals surface area (Å²) in [5.41, 5.74) is 1.27. The highest BCUT2D eigenvalue weighted by Crippen LogP contribution is 2.61. The number of hydrogen-bond donors (Lipinski definition) is 1. The molecular formula is C26H34N4O2S. The Morgan fingerprint density at radius 2 is 1.85 bits per heavy atom. The summed E-state index contributed by atoms with van der Waals surface area (Å²) >= 11 is 1.44. The highest BCUT2D eigenvalue weighted by atomic mass is 32.2. The fourth-order valence-electron chi connectivity index (χ4n) is 6.92. The smallest absolute Gasteiger partial charge is 0.230 e. The highest BCUT2D eigenvalue weighted by molar-refractivity contribution is 7.99. The molecule has 33 heavy (non-hydrogen) atoms. The van der Waals surface area contributed by atoms with E-state index in [2.05, 4.69) is 29.0 Å². The molecule has 6 nitrogen and oxygen atoms in total. The van der Waals surface area contributed by atoms with Gasteiger partial charge >= 0.3 is 0 Å². The van der Waals surface area contributed by atoms with E-state index in [1.54, 1.807) is 7.11 Å². The molecular weight excluding hydrogens is 432 g/mol. The van der Waals surface area contributed by atoms with Crippen LogP contribution in [0.25, 0.3) is 11.4 Å². The van der Waals surface area contributed by atoms with Crippen LogP contribution in [0.3, 0.4) is 0 Å². The number of methoxy groups -OCH3 is 1. The molecule has 7 heteroatoms. The molecule has 1 aromatic heterocycles. The summed E-state index contributed by atoms with van der Waals surface area (Å²) in [6.07, 6.45) is 9.99. The van der Waals surface area contributed by atoms with Crippen molar-refractivity contribution in [2.75, 3.05) is 12.9 Å². The molecule has 1 heterocycles. The molecule has 1 unspecified atom stereocenters. The van der Waals surface area contributed by atoms with Gasteiger partial charge in [-0.1, -0.05) is 17.8 Å². The number of carbonyl (C=O) groups is 1. The van der Waals surface area contributed by atoms with E-state index in [0.717, 1.165) is 40.0 Å². The van der Waals surface area contributed by atoms with Gasteiger partial charge in [0.05, 0.1) is 12.9 Å². The Labute approximate surface area is 200 Å². The van der Waals surface area contributed by atoms with Gasteiger partial charge in [-0.2, -0.15) is 0 Å². The quantitative estimate of drug-likeness (QED) is 0.418. The molecule has 1 amide bonds. The number of nitrogens with one attached hydrogen (secondary N) is 1. The van der Waals surface area contributed by atoms with Crippen molar-refractivity contribution < 1.29 is 9.53 Å². The number of aromatic nitrogens is 3. The van der Waals surface area contributed by atoms with Crippen LogP contribution in [0.1, 0.15) is 45.4 Å². The average molecular weight is 467 g/mol. The van der Waals surface area contributed by atoms with Gasteiger partial charge in [-0.15, -0.1) is 16.8 Å². The van der Waals surface area contributed by atoms with Gasteiger partial charge in [0.15, 0.2) is 11.0 Å². The van der Waals surface area contributed by atoms with Crippen LogP contribution in [0.15, 0.2) is 42.1 Å². The van der Waals surface area contributed by atoms with E-state index in [4.69, 9.17) is 4.74 Å². The van der Waals surface area contributed by atoms with Crippen LogP contribution in [-0.2, 0) is 11.3 Å². The van der Waals surface area contributed by atoms with Crippen molar-refractivity contribution in [3.63, 3.8) is 0 Å². The molecule has 0 saturated heterocycles. The zero-order chi connectivity index (χ0) is 23.0. The fourth-order valence-corrected chi connectivity index (χ4v) is 7.68. The van der Waals surface area contributed by atoms with E-state index in [0.29, 0.717) is 17.7 Å². The molecule has 1 N–H and O–H groups in total. The second-order valence-electron chi connectivity index (χ2n) is 10.3. The third kappa shape index (κ3) is 4.44. The maximum atomic E-state index is 12.9. The monoisotopic (exact) mass is 466 g/mol. The number of thioether (sulfide) groups is 1. The van der Waals surface area contributed by atoms with Crippen molar-refractivity contribution in [1.29, 1.82) is 0 Å². The summed E-state index contributed by atoms with van der Waals surface area (Å²) in [5.74, 6) is 4.66. The van der Waals surface area contributed by atoms with E-state index in [1.165, 1.54) is 50.3 Å². The number of carbonyl (C=O) groups excluding carboxylic acids is 1. The van der Waals surface area contributed by atoms with E-state index < -0.39 is 0 Å². The van der Waals surface area contributed by atoms with Gasteiger partial charge in [0, 0.05) is 18.2 Å². The lowest BCUT2D eigenvalue weighted by Gasteiger charge is -2.59. The number of ether oxygens (including phenoxy) is 1. The summed E-state index contributed by atoms with van der Waals surface area (Å²) in [5, 5.41) is 12.9. The molecule has 0 spiro atoms. The molecule has 1 aromatic carbocycles. The highest BCUT2D eigenvalue weighted by Gasteiger charge is 2.53. The maximum Gasteiger partial charge on any atom is 0.230 e. The van der Waals surface area contributed by atoms with Gasteiger partial charge in [0.2, 0.25) is 5.91 Å². The first kappa shape index (κ1) is 22.5. The van der Waals surface area contributed by atoms with E-state index in [-0.39, 0.29) is 11.9 Å². The zero-order valence-corrected chi connectivity index (χ0v) is 20.4. The van der Waals surface area contributed by atoms with Crippen LogP contribution < -0.4 is 10.1 Å². The first-order valence-electron chi connectivity index (χ1n) is 12.1. The lowest BCUT2D eigenvalue weighted by molar-refractivity contribution is -0.123. The normalized spacial score (nSPS) is 28.5. The standard InChI is InChI=1S/C26H34N4O2S/c1-4-9-30-24(21-5-7-22(32-3)8-6-21)28-29-25(30)33-16-23(31)27-17(2)26-13-18-10-19(14-26)12-20(11-18)15-26/h4-8,17-20H,1,9-16H2,2-3H3,(H,27,31). The zero-order valence-electron chi connectivity index (χ0n) is 19.6. The summed E-state index contributed by atoms with van der Waals surface area (Å²) in [6.45, 7) is 6.70. The largest absolute Gasteiger partial charge is 0.497 e. The van der Waals surface area contributed by atoms with Crippen molar-refractivity contribution in [3.05, 3.63) is 36.9 Å². The first-order chi connectivity index (χ1) is 16.0. The molecule has 0 aliphatic heterocycles. The Morgan fingerprint density at radius 1 is 1.21 bits per heavy atom. The maximum absolute atomic E-state index is 12.9. The summed E-state index contributed by atoms with van der Waals surface area (Å²) in [4.78, 5) is 12.9. The second-order valence-corrected chi connectivity index (χ2v) is 11.2. The number of nitrogens with zero attached hydrogens (tertiary/aromatic N) is 3. The topological polar surface area (TPSA) is 69.0 Å². The summed E-state index contributed by atoms with van der Waals surface area (Å²) in [7, 11) is 1.65. The Kier molecular flexibility index (Phi) is 6.25. The van der Waals surface area contributed by atoms with E-state index in [9.17, 15) is 4.79 Å². The predicted molar refractivity (Wildman–Crippen MR) is 131 cm³/mol. The first-order valence-corrected chi connectivity index (χ1v) is 13.1. The van der Waals surface area contributed by atoms with Gasteiger partial charge in [0.25, 0.3) is 0 Å². The van der Waals surface area contributed by atoms with Gasteiger partial charge in [-0.25, -0.2) is 0 Å². The van der Waals surface area contributed by atoms with Crippen molar-refractivity contribution in [1.82, 2.24) is 20.1 Å². The molecule has 0 radical (unpaired) electrons. The number of hydrogen-bond acceptors (Lipinski definition) is 5. The van der Waals surface area contributed by atoms with Crippen molar-refractivity contribution in [3.8, 4) is 17.1 Å². The van der Waals surface area contributed by atoms with Crippen molar-refractivity contribution >= 4 is 17.7 Å². The van der Waals surface area contributed by atoms with Crippen LogP contribution in [0.4, 0.5) is 0 Å². The molecule has 6 rings (SSSR count). The van der Waals surface area contributed by atoms with Gasteiger partial charge < -0.3 is 10.1 Å². The minimum Gasteiger partial charge on any atom is -0.497 e. The molecule has 2 aromatic rings. The number of rotatable bonds is 9. The van der Waals surface area contributed by atoms with E-state index >= 15 is 0 Å². The Morgan fingerprint density at radius 3 is 2.42 bits per heavy atom. The molecule has 4 bridgehead atoms. The van der Waals surface area contributed by atoms with Gasteiger partial charge in [-0.3, -0.25) is 9.36 Å². The Hall–Kier alpha value is -2.28. The van der Waals surface area contributed by atoms with Crippen LogP contribution in [0.2, 0.25) is 0 Å². The fraction of sp³-hybridized carbons (Fsp3) is 0.577. The second kappa shape index (κ2) is 9.16. The average Bonchev–Trinajstić information content (AvgIpc) is 3.19. The molecule has 4 fully saturated rings. The van der Waals surface area contributed by atoms with Crippen molar-refractivity contribution in [2.24, 2.45) is 23.2 Å². The predicted octanol–water partition coefficient (Wildman–Crippen LogP) is 4.95. The van der Waals surface area contributed by atoms with Crippen LogP contribution in [-0.4, -0.2) is 39.6 Å². The van der Waals surface area contributed by atoms with Crippen molar-refractivity contribution in [2.45, 2.75) is 63.2 Å². The molecule has 4 saturated carbocycles. The third-order valence-electron chi connectivity index (χ3n) is 8.09. The minimum atomic E-state index is 0.0856. The lowest BCUT2D eigenvalue weighted by atomic mass is 9.48. The molecule has 4 aliphatic carbocycles. The third-order valence-corrected chi connectivity index (χ3v) is 9.06. The van der Waals surface area contributed by atoms with Crippen LogP contribution in [0, 0.1) is 23.2 Å². The Balaban J connectivity index is 1.23. The minimum absolute atomic E-state index is 0.0856. The Bertz CT molecular complexity index is 981. The van der Waals surface area contributed by atoms with E-state index in [1.807, 2.05) is 34.9 Å². The summed E-state index contributed by atoms with van der Waals surface area (Å²) in [6, 6.07) is 8.00. The van der Waals surface area contributed by atoms with Gasteiger partial charge in [-0.05, 0) is 92.9 Å². The number of allylic oxidation sites excluding steroid dienone is 1. The molecule has 1 atom stereocenters. The number of amides is 1. The van der Waals surface area contributed by atoms with Gasteiger partial charge in [0.1, 0.15) is 5.75 Å². The van der Waals surface area contributed by atoms with Crippen LogP contribution >= 0.6 is 11.8 Å². The summed E-state index contributed by atoms with van der Waals surface area (Å²) < 4.78 is 7.26. The molecule has 176 valence electrons. The lowest BCUT2D eigenvalue weighted by Crippen LogP contribution is -2.56. The SMILES string of the molecule is C=CCn1c(SCC(=O)NC(C)C23CC4CC(CC(C4)C2)C3)nnc1-c1ccc(OC)cc1. The van der Waals surface area contributed by atoms with Crippen LogP contribution in [0.5, 0.6) is 5.75 Å².